The molecule has 0 bridgehead atoms. The SMILES string of the molecule is C[Si]12c3c4cc(N(c5ccccc5)c5ccccc5)cc3Oc3c5c6c(c(c31)N(c1ccccc1)c1cccc(c12)O4)Oc1cc(N(c2ccccc2)c2ccccc2)cc2c1[Si]6(C)c1c(cccc1N5c1ccccc1)O2. The van der Waals surface area contributed by atoms with Gasteiger partial charge in [0.05, 0.1) is 22.7 Å². The lowest BCUT2D eigenvalue weighted by Crippen LogP contribution is -2.75. The van der Waals surface area contributed by atoms with Gasteiger partial charge in [0.25, 0.3) is 0 Å². The van der Waals surface area contributed by atoms with Crippen LogP contribution < -0.4 is 69.7 Å². The van der Waals surface area contributed by atoms with E-state index in [2.05, 4.69) is 275 Å². The molecule has 6 aliphatic rings. The molecule has 10 heteroatoms. The minimum atomic E-state index is -3.19. The summed E-state index contributed by atoms with van der Waals surface area (Å²) < 4.78 is 30.7. The van der Waals surface area contributed by atoms with Crippen LogP contribution in [-0.4, -0.2) is 16.1 Å². The average molecular weight is 1040 g/mol. The molecule has 11 aromatic carbocycles. The molecule has 0 spiro atoms. The standard InChI is InChI=1S/C68H46N4O4Si2/c1-77-63-51-35-21-37-53(63)73-55-39-49(69(43-23-9-3-10-24-43)44-25-11-4-12-26-44)41-57(65(55)77)75-61-60-68-62(59(67(61)77)71(51)47-31-17-7-18-32-47)76-58-42-50(70(45-27-13-5-14-28-45)46-29-15-6-16-30-46)40-56-66(58)78(68,2)64-52(36-22-38-54(64)74-56)72(60)48-33-19-8-20-34-48/h3-42H,1-2H3. The predicted molar refractivity (Wildman–Crippen MR) is 319 cm³/mol. The van der Waals surface area contributed by atoms with Gasteiger partial charge in [-0.25, -0.2) is 0 Å². The fourth-order valence-electron chi connectivity index (χ4n) is 13.9. The number of para-hydroxylation sites is 6. The first-order valence-corrected chi connectivity index (χ1v) is 31.6. The zero-order valence-corrected chi connectivity index (χ0v) is 44.5. The van der Waals surface area contributed by atoms with Crippen molar-refractivity contribution in [2.24, 2.45) is 0 Å². The van der Waals surface area contributed by atoms with E-state index in [4.69, 9.17) is 18.9 Å². The van der Waals surface area contributed by atoms with Gasteiger partial charge in [0, 0.05) is 101 Å². The summed E-state index contributed by atoms with van der Waals surface area (Å²) in [5.74, 6) is 6.63. The van der Waals surface area contributed by atoms with Crippen LogP contribution >= 0.6 is 0 Å². The van der Waals surface area contributed by atoms with Gasteiger partial charge in [-0.1, -0.05) is 134 Å². The first-order chi connectivity index (χ1) is 38.5. The van der Waals surface area contributed by atoms with Gasteiger partial charge in [-0.15, -0.1) is 0 Å². The third kappa shape index (κ3) is 5.71. The zero-order chi connectivity index (χ0) is 51.4. The van der Waals surface area contributed by atoms with Crippen molar-refractivity contribution in [2.45, 2.75) is 13.1 Å². The van der Waals surface area contributed by atoms with Crippen LogP contribution in [0.2, 0.25) is 13.1 Å². The molecule has 11 aromatic rings. The van der Waals surface area contributed by atoms with E-state index >= 15 is 0 Å². The quantitative estimate of drug-likeness (QED) is 0.140. The number of hydrogen-bond donors (Lipinski definition) is 0. The van der Waals surface area contributed by atoms with E-state index in [9.17, 15) is 0 Å². The molecule has 0 fully saturated rings. The molecule has 0 saturated carbocycles. The van der Waals surface area contributed by atoms with Crippen LogP contribution in [0.1, 0.15) is 0 Å². The Labute approximate surface area is 453 Å². The molecule has 6 heterocycles. The highest BCUT2D eigenvalue weighted by Gasteiger charge is 2.63. The van der Waals surface area contributed by atoms with Crippen molar-refractivity contribution in [3.8, 4) is 46.0 Å². The molecule has 2 atom stereocenters. The molecule has 0 N–H and O–H groups in total. The van der Waals surface area contributed by atoms with E-state index in [1.165, 1.54) is 10.4 Å². The Bertz CT molecular complexity index is 3970. The van der Waals surface area contributed by atoms with E-state index in [-0.39, 0.29) is 0 Å². The fourth-order valence-corrected chi connectivity index (χ4v) is 23.2. The second-order valence-corrected chi connectivity index (χ2v) is 28.6. The van der Waals surface area contributed by atoms with Crippen LogP contribution in [0.4, 0.5) is 68.2 Å². The van der Waals surface area contributed by atoms with Crippen molar-refractivity contribution in [2.75, 3.05) is 19.6 Å². The minimum absolute atomic E-state index is 0.799. The molecular formula is C68H46N4O4Si2. The van der Waals surface area contributed by atoms with Gasteiger partial charge in [-0.3, -0.25) is 0 Å². The number of ether oxygens (including phenoxy) is 4. The molecule has 0 aromatic heterocycles. The summed E-state index contributed by atoms with van der Waals surface area (Å²) in [5.41, 5.74) is 12.2. The van der Waals surface area contributed by atoms with E-state index in [0.29, 0.717) is 0 Å². The molecule has 0 saturated heterocycles. The van der Waals surface area contributed by atoms with Crippen LogP contribution in [-0.2, 0) is 0 Å². The Morgan fingerprint density at radius 1 is 0.282 bits per heavy atom. The monoisotopic (exact) mass is 1040 g/mol. The lowest BCUT2D eigenvalue weighted by Gasteiger charge is -2.54. The van der Waals surface area contributed by atoms with E-state index < -0.39 is 16.1 Å². The number of rotatable bonds is 8. The summed E-state index contributed by atoms with van der Waals surface area (Å²) in [6, 6.07) is 86.0. The van der Waals surface area contributed by atoms with Crippen molar-refractivity contribution in [3.05, 3.63) is 243 Å². The van der Waals surface area contributed by atoms with Crippen LogP contribution in [0.25, 0.3) is 0 Å². The molecule has 6 aliphatic heterocycles. The maximum absolute atomic E-state index is 8.01. The normalized spacial score (nSPS) is 17.3. The summed E-state index contributed by atoms with van der Waals surface area (Å²) in [4.78, 5) is 9.51. The molecule has 17 rings (SSSR count). The molecule has 2 unspecified atom stereocenters. The number of benzene rings is 11. The summed E-state index contributed by atoms with van der Waals surface area (Å²) in [7, 11) is -6.38. The average Bonchev–Trinajstić information content (AvgIpc) is 2.05. The maximum Gasteiger partial charge on any atom is 0.170 e. The van der Waals surface area contributed by atoms with Crippen LogP contribution in [0.5, 0.6) is 46.0 Å². The first kappa shape index (κ1) is 43.5. The number of fused-ring (bicyclic) bond motifs is 2. The Morgan fingerprint density at radius 3 is 0.923 bits per heavy atom. The Morgan fingerprint density at radius 2 is 0.590 bits per heavy atom. The minimum Gasteiger partial charge on any atom is -0.457 e. The second-order valence-electron chi connectivity index (χ2n) is 21.1. The molecule has 8 nitrogen and oxygen atoms in total. The summed E-state index contributed by atoms with van der Waals surface area (Å²) >= 11 is 0. The molecule has 370 valence electrons. The van der Waals surface area contributed by atoms with Crippen molar-refractivity contribution in [3.63, 3.8) is 0 Å². The highest BCUT2D eigenvalue weighted by atomic mass is 28.3. The van der Waals surface area contributed by atoms with E-state index in [1.807, 2.05) is 0 Å². The molecule has 78 heavy (non-hydrogen) atoms. The third-order valence-electron chi connectivity index (χ3n) is 16.9. The van der Waals surface area contributed by atoms with Crippen LogP contribution in [0.15, 0.2) is 243 Å². The van der Waals surface area contributed by atoms with Gasteiger partial charge in [0.15, 0.2) is 27.6 Å². The lowest BCUT2D eigenvalue weighted by molar-refractivity contribution is 0.455. The summed E-state index contributed by atoms with van der Waals surface area (Å²) in [5, 5.41) is 6.97. The largest absolute Gasteiger partial charge is 0.457 e. The van der Waals surface area contributed by atoms with Gasteiger partial charge in [-0.2, -0.15) is 0 Å². The van der Waals surface area contributed by atoms with Crippen molar-refractivity contribution < 1.29 is 18.9 Å². The maximum atomic E-state index is 8.01. The molecular weight excluding hydrogens is 993 g/mol. The number of anilines is 12. The lowest BCUT2D eigenvalue weighted by atomic mass is 10.1. The van der Waals surface area contributed by atoms with Crippen molar-refractivity contribution in [1.82, 2.24) is 0 Å². The summed E-state index contributed by atoms with van der Waals surface area (Å²) in [6.07, 6.45) is 0. The van der Waals surface area contributed by atoms with Gasteiger partial charge >= 0.3 is 0 Å². The zero-order valence-electron chi connectivity index (χ0n) is 42.5. The van der Waals surface area contributed by atoms with Crippen LogP contribution in [0, 0.1) is 0 Å². The van der Waals surface area contributed by atoms with E-state index in [1.54, 1.807) is 0 Å². The van der Waals surface area contributed by atoms with Gasteiger partial charge in [0.2, 0.25) is 0 Å². The van der Waals surface area contributed by atoms with Crippen molar-refractivity contribution >= 4 is 116 Å². The molecule has 0 amide bonds. The Kier molecular flexibility index (Phi) is 8.87. The van der Waals surface area contributed by atoms with E-state index in [0.717, 1.165) is 135 Å². The highest BCUT2D eigenvalue weighted by molar-refractivity contribution is 7.17. The topological polar surface area (TPSA) is 49.9 Å². The number of nitrogens with zero attached hydrogens (tertiary/aromatic N) is 4. The van der Waals surface area contributed by atoms with Gasteiger partial charge in [-0.05, 0) is 97.1 Å². The number of hydrogen-bond acceptors (Lipinski definition) is 8. The molecule has 0 radical (unpaired) electrons. The fraction of sp³-hybridized carbons (Fsp3) is 0.0294. The Hall–Kier alpha value is -9.75. The predicted octanol–water partition coefficient (Wildman–Crippen LogP) is 14.8. The third-order valence-corrected chi connectivity index (χ3v) is 25.8. The van der Waals surface area contributed by atoms with Crippen LogP contribution in [0.3, 0.4) is 0 Å². The van der Waals surface area contributed by atoms with Gasteiger partial charge < -0.3 is 38.5 Å². The second kappa shape index (κ2) is 15.9. The molecule has 0 aliphatic carbocycles. The smallest absolute Gasteiger partial charge is 0.170 e. The summed E-state index contributed by atoms with van der Waals surface area (Å²) in [6.45, 7) is 5.05. The first-order valence-electron chi connectivity index (χ1n) is 26.6. The van der Waals surface area contributed by atoms with Gasteiger partial charge in [0.1, 0.15) is 34.5 Å². The highest BCUT2D eigenvalue weighted by Crippen LogP contribution is 2.60. The Balaban J connectivity index is 1.01. The van der Waals surface area contributed by atoms with Crippen molar-refractivity contribution in [1.29, 1.82) is 0 Å².